The van der Waals surface area contributed by atoms with Crippen LogP contribution in [0.5, 0.6) is 0 Å². The zero-order valence-corrected chi connectivity index (χ0v) is 8.07. The van der Waals surface area contributed by atoms with E-state index >= 15 is 0 Å². The Morgan fingerprint density at radius 3 is 2.29 bits per heavy atom. The number of hydrogen-bond acceptors (Lipinski definition) is 1. The van der Waals surface area contributed by atoms with Crippen LogP contribution in [0, 0.1) is 23.0 Å². The van der Waals surface area contributed by atoms with Gasteiger partial charge in [0.1, 0.15) is 11.6 Å². The van der Waals surface area contributed by atoms with Crippen LogP contribution >= 0.6 is 11.6 Å². The second-order valence-electron chi connectivity index (χ2n) is 2.65. The third kappa shape index (κ3) is 1.91. The van der Waals surface area contributed by atoms with Crippen molar-refractivity contribution in [2.45, 2.75) is 6.92 Å². The van der Waals surface area contributed by atoms with E-state index in [1.54, 1.807) is 6.07 Å². The SMILES string of the molecule is C/C(C#N)=C(/Cl)c1c(F)cccc1F. The third-order valence-corrected chi connectivity index (χ3v) is 2.15. The molecular formula is C10H6ClF2N. The lowest BCUT2D eigenvalue weighted by molar-refractivity contribution is 0.578. The summed E-state index contributed by atoms with van der Waals surface area (Å²) in [4.78, 5) is 0. The van der Waals surface area contributed by atoms with Crippen LogP contribution in [0.4, 0.5) is 8.78 Å². The van der Waals surface area contributed by atoms with E-state index in [1.165, 1.54) is 13.0 Å². The van der Waals surface area contributed by atoms with Gasteiger partial charge in [0, 0.05) is 5.57 Å². The van der Waals surface area contributed by atoms with Crippen molar-refractivity contribution < 1.29 is 8.78 Å². The van der Waals surface area contributed by atoms with Crippen molar-refractivity contribution in [2.75, 3.05) is 0 Å². The van der Waals surface area contributed by atoms with E-state index in [0.717, 1.165) is 12.1 Å². The molecule has 0 atom stereocenters. The summed E-state index contributed by atoms with van der Waals surface area (Å²) in [7, 11) is 0. The predicted octanol–water partition coefficient (Wildman–Crippen LogP) is 3.46. The average Bonchev–Trinajstić information content (AvgIpc) is 2.16. The Labute approximate surface area is 85.2 Å². The first-order valence-electron chi connectivity index (χ1n) is 3.78. The monoisotopic (exact) mass is 213 g/mol. The Bertz CT molecular complexity index is 412. The molecule has 0 bridgehead atoms. The van der Waals surface area contributed by atoms with Gasteiger partial charge in [-0.25, -0.2) is 8.78 Å². The highest BCUT2D eigenvalue weighted by Gasteiger charge is 2.13. The van der Waals surface area contributed by atoms with Crippen LogP contribution in [-0.4, -0.2) is 0 Å². The summed E-state index contributed by atoms with van der Waals surface area (Å²) in [6.45, 7) is 1.40. The van der Waals surface area contributed by atoms with Crippen molar-refractivity contribution >= 4 is 16.6 Å². The van der Waals surface area contributed by atoms with Crippen molar-refractivity contribution in [3.05, 3.63) is 41.0 Å². The lowest BCUT2D eigenvalue weighted by Crippen LogP contribution is -1.92. The summed E-state index contributed by atoms with van der Waals surface area (Å²) in [6, 6.07) is 5.15. The van der Waals surface area contributed by atoms with Crippen molar-refractivity contribution in [1.82, 2.24) is 0 Å². The molecule has 0 aliphatic rings. The molecule has 0 saturated carbocycles. The van der Waals surface area contributed by atoms with Gasteiger partial charge in [-0.15, -0.1) is 0 Å². The van der Waals surface area contributed by atoms with Crippen LogP contribution < -0.4 is 0 Å². The first-order valence-corrected chi connectivity index (χ1v) is 4.16. The zero-order chi connectivity index (χ0) is 10.7. The second kappa shape index (κ2) is 4.21. The Hall–Kier alpha value is -1.40. The minimum atomic E-state index is -0.774. The molecule has 0 saturated heterocycles. The van der Waals surface area contributed by atoms with Crippen molar-refractivity contribution in [1.29, 1.82) is 5.26 Å². The predicted molar refractivity (Wildman–Crippen MR) is 50.4 cm³/mol. The molecule has 0 amide bonds. The highest BCUT2D eigenvalue weighted by Crippen LogP contribution is 2.27. The highest BCUT2D eigenvalue weighted by molar-refractivity contribution is 6.49. The first kappa shape index (κ1) is 10.7. The first-order chi connectivity index (χ1) is 6.57. The number of allylic oxidation sites excluding steroid dienone is 1. The molecule has 14 heavy (non-hydrogen) atoms. The number of rotatable bonds is 1. The number of halogens is 3. The Balaban J connectivity index is 3.42. The third-order valence-electron chi connectivity index (χ3n) is 1.68. The molecule has 1 nitrogen and oxygen atoms in total. The van der Waals surface area contributed by atoms with Crippen molar-refractivity contribution in [3.63, 3.8) is 0 Å². The zero-order valence-electron chi connectivity index (χ0n) is 7.31. The summed E-state index contributed by atoms with van der Waals surface area (Å²) < 4.78 is 26.3. The minimum absolute atomic E-state index is 0.0793. The van der Waals surface area contributed by atoms with Crippen LogP contribution in [0.3, 0.4) is 0 Å². The van der Waals surface area contributed by atoms with Crippen molar-refractivity contribution in [2.24, 2.45) is 0 Å². The van der Waals surface area contributed by atoms with Gasteiger partial charge < -0.3 is 0 Å². The summed E-state index contributed by atoms with van der Waals surface area (Å²) in [5.74, 6) is -1.55. The molecule has 0 aromatic heterocycles. The van der Waals surface area contributed by atoms with Crippen LogP contribution in [0.2, 0.25) is 0 Å². The Morgan fingerprint density at radius 2 is 1.86 bits per heavy atom. The molecule has 0 heterocycles. The molecule has 0 unspecified atom stereocenters. The molecule has 0 spiro atoms. The smallest absolute Gasteiger partial charge is 0.134 e. The van der Waals surface area contributed by atoms with E-state index in [4.69, 9.17) is 16.9 Å². The fraction of sp³-hybridized carbons (Fsp3) is 0.100. The summed E-state index contributed by atoms with van der Waals surface area (Å²) >= 11 is 5.64. The van der Waals surface area contributed by atoms with Crippen LogP contribution in [0.25, 0.3) is 5.03 Å². The summed E-state index contributed by atoms with van der Waals surface area (Å²) in [5.41, 5.74) is -0.274. The second-order valence-corrected chi connectivity index (χ2v) is 3.03. The Kier molecular flexibility index (Phi) is 3.21. The summed E-state index contributed by atoms with van der Waals surface area (Å²) in [5, 5.41) is 8.32. The van der Waals surface area contributed by atoms with E-state index in [9.17, 15) is 8.78 Å². The minimum Gasteiger partial charge on any atom is -0.206 e. The number of nitriles is 1. The molecule has 0 fully saturated rings. The number of nitrogens with zero attached hydrogens (tertiary/aromatic N) is 1. The largest absolute Gasteiger partial charge is 0.206 e. The molecule has 0 aliphatic carbocycles. The van der Waals surface area contributed by atoms with Crippen LogP contribution in [0.15, 0.2) is 23.8 Å². The maximum atomic E-state index is 13.1. The van der Waals surface area contributed by atoms with Gasteiger partial charge in [-0.3, -0.25) is 0 Å². The maximum absolute atomic E-state index is 13.1. The molecule has 0 N–H and O–H groups in total. The molecule has 72 valence electrons. The molecule has 4 heteroatoms. The quantitative estimate of drug-likeness (QED) is 0.656. The van der Waals surface area contributed by atoms with Crippen LogP contribution in [0.1, 0.15) is 12.5 Å². The molecule has 1 rings (SSSR count). The van der Waals surface area contributed by atoms with E-state index in [-0.39, 0.29) is 16.2 Å². The standard InChI is InChI=1S/C10H6ClF2N/c1-6(5-14)10(11)9-7(12)3-2-4-8(9)13/h2-4H,1H3/b10-6-. The van der Waals surface area contributed by atoms with Crippen molar-refractivity contribution in [3.8, 4) is 6.07 Å². The van der Waals surface area contributed by atoms with Gasteiger partial charge in [-0.2, -0.15) is 5.26 Å². The molecule has 0 radical (unpaired) electrons. The van der Waals surface area contributed by atoms with Gasteiger partial charge in [0.2, 0.25) is 0 Å². The number of benzene rings is 1. The highest BCUT2D eigenvalue weighted by atomic mass is 35.5. The van der Waals surface area contributed by atoms with Crippen LogP contribution in [-0.2, 0) is 0 Å². The fourth-order valence-electron chi connectivity index (χ4n) is 0.944. The fourth-order valence-corrected chi connectivity index (χ4v) is 1.17. The van der Waals surface area contributed by atoms with E-state index in [0.29, 0.717) is 0 Å². The van der Waals surface area contributed by atoms with Gasteiger partial charge in [0.25, 0.3) is 0 Å². The topological polar surface area (TPSA) is 23.8 Å². The van der Waals surface area contributed by atoms with Gasteiger partial charge in [-0.1, -0.05) is 17.7 Å². The van der Waals surface area contributed by atoms with Gasteiger partial charge >= 0.3 is 0 Å². The molecule has 1 aromatic carbocycles. The number of hydrogen-bond donors (Lipinski definition) is 0. The van der Waals surface area contributed by atoms with Gasteiger partial charge in [0.05, 0.1) is 16.7 Å². The van der Waals surface area contributed by atoms with E-state index < -0.39 is 11.6 Å². The maximum Gasteiger partial charge on any atom is 0.134 e. The van der Waals surface area contributed by atoms with Gasteiger partial charge in [-0.05, 0) is 19.1 Å². The summed E-state index contributed by atoms with van der Waals surface area (Å²) in [6.07, 6.45) is 0. The lowest BCUT2D eigenvalue weighted by atomic mass is 10.1. The Morgan fingerprint density at radius 1 is 1.36 bits per heavy atom. The van der Waals surface area contributed by atoms with E-state index in [1.807, 2.05) is 0 Å². The lowest BCUT2D eigenvalue weighted by Gasteiger charge is -2.03. The van der Waals surface area contributed by atoms with Gasteiger partial charge in [0.15, 0.2) is 0 Å². The average molecular weight is 214 g/mol. The molecule has 1 aromatic rings. The molecular weight excluding hydrogens is 208 g/mol. The normalized spacial score (nSPS) is 11.9. The molecule has 0 aliphatic heterocycles. The van der Waals surface area contributed by atoms with E-state index in [2.05, 4.69) is 0 Å².